The molecule has 2 aromatic carbocycles. The second kappa shape index (κ2) is 10.1. The monoisotopic (exact) mass is 544 g/mol. The predicted octanol–water partition coefficient (Wildman–Crippen LogP) is 2.36. The molecule has 11 heteroatoms. The predicted molar refractivity (Wildman–Crippen MR) is 153 cm³/mol. The number of aromatic amines is 1. The number of nitrogens with two attached hydrogens (primary N) is 1. The van der Waals surface area contributed by atoms with E-state index in [-0.39, 0.29) is 16.9 Å². The van der Waals surface area contributed by atoms with Crippen molar-refractivity contribution in [2.75, 3.05) is 5.73 Å². The van der Waals surface area contributed by atoms with E-state index in [9.17, 15) is 9.59 Å². The number of fused-ring (bicyclic) bond motifs is 2. The molecular formula is C30H26N9O2+. The van der Waals surface area contributed by atoms with E-state index >= 15 is 0 Å². The van der Waals surface area contributed by atoms with Crippen LogP contribution in [0.2, 0.25) is 0 Å². The lowest BCUT2D eigenvalue weighted by molar-refractivity contribution is -0.513. The van der Waals surface area contributed by atoms with Crippen molar-refractivity contribution >= 4 is 28.3 Å². The zero-order chi connectivity index (χ0) is 28.7. The van der Waals surface area contributed by atoms with Crippen LogP contribution in [0, 0.1) is 18.8 Å². The molecule has 0 bridgehead atoms. The van der Waals surface area contributed by atoms with Crippen molar-refractivity contribution in [3.8, 4) is 17.5 Å². The first kappa shape index (κ1) is 25.5. The summed E-state index contributed by atoms with van der Waals surface area (Å²) in [5.74, 6) is 6.27. The highest BCUT2D eigenvalue weighted by Gasteiger charge is 2.26. The van der Waals surface area contributed by atoms with E-state index in [0.717, 1.165) is 11.3 Å². The molecule has 0 aliphatic rings. The van der Waals surface area contributed by atoms with E-state index in [1.165, 1.54) is 10.9 Å². The molecule has 202 valence electrons. The minimum Gasteiger partial charge on any atom is -0.369 e. The second-order valence-electron chi connectivity index (χ2n) is 9.58. The molecule has 4 N–H and O–H groups in total. The quantitative estimate of drug-likeness (QED) is 0.230. The molecule has 0 aliphatic carbocycles. The molecule has 41 heavy (non-hydrogen) atoms. The lowest BCUT2D eigenvalue weighted by atomic mass is 10.1. The van der Waals surface area contributed by atoms with Crippen LogP contribution >= 0.6 is 0 Å². The summed E-state index contributed by atoms with van der Waals surface area (Å²) in [7, 11) is 1.85. The summed E-state index contributed by atoms with van der Waals surface area (Å²) in [6, 6.07) is 13.9. The number of hydrogen-bond acceptors (Lipinski definition) is 6. The van der Waals surface area contributed by atoms with Crippen LogP contribution in [-0.2, 0) is 7.05 Å². The largest absolute Gasteiger partial charge is 0.369 e. The molecular weight excluding hydrogens is 518 g/mol. The number of nitrogen functional groups attached to an aromatic ring is 1. The number of hydrogen-bond donors (Lipinski definition) is 3. The van der Waals surface area contributed by atoms with E-state index in [2.05, 4.69) is 32.2 Å². The Morgan fingerprint density at radius 2 is 1.90 bits per heavy atom. The Kier molecular flexibility index (Phi) is 6.28. The van der Waals surface area contributed by atoms with Crippen LogP contribution in [0.25, 0.3) is 22.2 Å². The molecule has 6 rings (SSSR count). The molecule has 1 unspecified atom stereocenters. The molecule has 1 atom stereocenters. The Morgan fingerprint density at radius 3 is 2.66 bits per heavy atom. The smallest absolute Gasteiger partial charge is 0.267 e. The normalized spacial score (nSPS) is 11.8. The zero-order valence-electron chi connectivity index (χ0n) is 22.6. The molecule has 0 saturated carbocycles. The van der Waals surface area contributed by atoms with E-state index in [4.69, 9.17) is 10.7 Å². The fourth-order valence-electron chi connectivity index (χ4n) is 4.74. The van der Waals surface area contributed by atoms with Gasteiger partial charge in [0.1, 0.15) is 12.0 Å². The van der Waals surface area contributed by atoms with Gasteiger partial charge in [-0.2, -0.15) is 5.10 Å². The van der Waals surface area contributed by atoms with Crippen LogP contribution in [0.3, 0.4) is 0 Å². The Bertz CT molecular complexity index is 2080. The Hall–Kier alpha value is -5.76. The van der Waals surface area contributed by atoms with Crippen molar-refractivity contribution in [3.63, 3.8) is 0 Å². The zero-order valence-corrected chi connectivity index (χ0v) is 22.6. The fourth-order valence-corrected chi connectivity index (χ4v) is 4.74. The van der Waals surface area contributed by atoms with Gasteiger partial charge in [0.25, 0.3) is 11.5 Å². The topological polar surface area (TPSA) is 141 Å². The molecule has 4 heterocycles. The molecule has 0 aliphatic heterocycles. The molecule has 0 fully saturated rings. The number of nitrogens with zero attached hydrogens (tertiary/aromatic N) is 6. The minimum atomic E-state index is -0.679. The Labute approximate surface area is 234 Å². The standard InChI is InChI=1S/C30H25N9O2/c1-18(35-29(40)25-26(31)33-17-38-15-14-32-28(25)38)27-36-23-11-7-8-20(12-13-21-16-34-37(3)19(21)2)24(23)30(41)39(27)22-9-5-4-6-10-22/h4-11,14-18H,1-3H3,(H3,31,32,35,40)/p+1. The van der Waals surface area contributed by atoms with E-state index in [1.54, 1.807) is 46.7 Å². The minimum absolute atomic E-state index is 0.0798. The number of amides is 1. The van der Waals surface area contributed by atoms with Crippen LogP contribution in [0.4, 0.5) is 5.82 Å². The van der Waals surface area contributed by atoms with E-state index < -0.39 is 11.9 Å². The van der Waals surface area contributed by atoms with Gasteiger partial charge in [-0.3, -0.25) is 23.8 Å². The Balaban J connectivity index is 1.49. The van der Waals surface area contributed by atoms with Gasteiger partial charge in [0.15, 0.2) is 5.56 Å². The fraction of sp³-hybridized carbons (Fsp3) is 0.133. The molecule has 6 aromatic rings. The molecule has 11 nitrogen and oxygen atoms in total. The average molecular weight is 545 g/mol. The van der Waals surface area contributed by atoms with Gasteiger partial charge in [-0.25, -0.2) is 9.38 Å². The Morgan fingerprint density at radius 1 is 1.12 bits per heavy atom. The maximum atomic E-state index is 14.2. The number of H-pyrrole nitrogens is 1. The summed E-state index contributed by atoms with van der Waals surface area (Å²) < 4.78 is 4.93. The highest BCUT2D eigenvalue weighted by Crippen LogP contribution is 2.21. The summed E-state index contributed by atoms with van der Waals surface area (Å²) >= 11 is 0. The third-order valence-corrected chi connectivity index (χ3v) is 6.99. The summed E-state index contributed by atoms with van der Waals surface area (Å²) in [6.07, 6.45) is 6.64. The first-order valence-corrected chi connectivity index (χ1v) is 12.9. The lowest BCUT2D eigenvalue weighted by Gasteiger charge is -2.20. The maximum absolute atomic E-state index is 14.2. The second-order valence-corrected chi connectivity index (χ2v) is 9.58. The van der Waals surface area contributed by atoms with Crippen molar-refractivity contribution in [1.82, 2.24) is 34.6 Å². The van der Waals surface area contributed by atoms with Crippen LogP contribution in [-0.4, -0.2) is 35.2 Å². The third-order valence-electron chi connectivity index (χ3n) is 6.99. The first-order chi connectivity index (χ1) is 19.8. The maximum Gasteiger partial charge on any atom is 0.267 e. The molecule has 0 saturated heterocycles. The van der Waals surface area contributed by atoms with Gasteiger partial charge < -0.3 is 11.1 Å². The number of aromatic nitrogens is 7. The van der Waals surface area contributed by atoms with Crippen molar-refractivity contribution in [3.05, 3.63) is 112 Å². The lowest BCUT2D eigenvalue weighted by Crippen LogP contribution is -2.35. The summed E-state index contributed by atoms with van der Waals surface area (Å²) in [6.45, 7) is 3.70. The van der Waals surface area contributed by atoms with Gasteiger partial charge >= 0.3 is 0 Å². The first-order valence-electron chi connectivity index (χ1n) is 12.9. The van der Waals surface area contributed by atoms with Crippen molar-refractivity contribution in [1.29, 1.82) is 0 Å². The SMILES string of the molecule is Cc1c(C#Cc2cccc3nc(C(C)NC(=O)c4c(N)nc[n+]5cc[nH]c45)n(-c4ccccc4)c(=O)c23)cnn1C. The number of rotatable bonds is 4. The summed E-state index contributed by atoms with van der Waals surface area (Å²) in [5, 5.41) is 7.58. The van der Waals surface area contributed by atoms with Crippen LogP contribution in [0.15, 0.2) is 78.2 Å². The number of anilines is 1. The highest BCUT2D eigenvalue weighted by atomic mass is 16.2. The van der Waals surface area contributed by atoms with Gasteiger partial charge in [0, 0.05) is 12.6 Å². The van der Waals surface area contributed by atoms with Gasteiger partial charge in [-0.05, 0) is 38.1 Å². The van der Waals surface area contributed by atoms with Crippen LogP contribution in [0.5, 0.6) is 0 Å². The molecule has 1 amide bonds. The number of carbonyl (C=O) groups is 1. The molecule has 4 aromatic heterocycles. The third kappa shape index (κ3) is 4.47. The molecule has 0 radical (unpaired) electrons. The summed E-state index contributed by atoms with van der Waals surface area (Å²) in [5.41, 5.74) is 9.81. The van der Waals surface area contributed by atoms with Gasteiger partial charge in [-0.15, -0.1) is 0 Å². The number of para-hydroxylation sites is 1. The average Bonchev–Trinajstić information content (AvgIpc) is 3.57. The van der Waals surface area contributed by atoms with Crippen LogP contribution < -0.4 is 21.0 Å². The van der Waals surface area contributed by atoms with Crippen molar-refractivity contribution in [2.24, 2.45) is 7.05 Å². The highest BCUT2D eigenvalue weighted by molar-refractivity contribution is 6.03. The number of nitrogens with one attached hydrogen (secondary N) is 2. The van der Waals surface area contributed by atoms with Gasteiger partial charge in [0.05, 0.1) is 46.3 Å². The van der Waals surface area contributed by atoms with Gasteiger partial charge in [0.2, 0.25) is 17.8 Å². The number of carbonyl (C=O) groups excluding carboxylic acids is 1. The number of benzene rings is 2. The van der Waals surface area contributed by atoms with Crippen molar-refractivity contribution < 1.29 is 9.20 Å². The molecule has 0 spiro atoms. The van der Waals surface area contributed by atoms with E-state index in [0.29, 0.717) is 33.6 Å². The number of aryl methyl sites for hydroxylation is 1. The van der Waals surface area contributed by atoms with E-state index in [1.807, 2.05) is 50.4 Å². The summed E-state index contributed by atoms with van der Waals surface area (Å²) in [4.78, 5) is 39.7. The van der Waals surface area contributed by atoms with Gasteiger partial charge in [-0.1, -0.05) is 41.1 Å². The number of imidazole rings is 1. The van der Waals surface area contributed by atoms with Crippen molar-refractivity contribution in [2.45, 2.75) is 19.9 Å². The van der Waals surface area contributed by atoms with Crippen LogP contribution in [0.1, 0.15) is 46.0 Å².